The van der Waals surface area contributed by atoms with Gasteiger partial charge in [0.05, 0.1) is 25.8 Å². The Labute approximate surface area is 143 Å². The van der Waals surface area contributed by atoms with Gasteiger partial charge in [-0.1, -0.05) is 18.2 Å². The molecule has 1 amide bonds. The second-order valence-electron chi connectivity index (χ2n) is 5.35. The smallest absolute Gasteiger partial charge is 0.229 e. The van der Waals surface area contributed by atoms with Crippen molar-refractivity contribution in [3.05, 3.63) is 53.3 Å². The van der Waals surface area contributed by atoms with Gasteiger partial charge in [-0.15, -0.1) is 11.3 Å². The van der Waals surface area contributed by atoms with Gasteiger partial charge in [0.15, 0.2) is 4.96 Å². The predicted octanol–water partition coefficient (Wildman–Crippen LogP) is 1.97. The number of nitrogens with zero attached hydrogens (tertiary/aromatic N) is 3. The summed E-state index contributed by atoms with van der Waals surface area (Å²) in [7, 11) is 1.61. The van der Waals surface area contributed by atoms with Gasteiger partial charge in [0.2, 0.25) is 5.91 Å². The normalized spacial score (nSPS) is 10.9. The Morgan fingerprint density at radius 3 is 3.00 bits per heavy atom. The molecule has 0 saturated heterocycles. The van der Waals surface area contributed by atoms with E-state index in [0.29, 0.717) is 6.54 Å². The molecule has 0 aliphatic rings. The number of hydrogen-bond acceptors (Lipinski definition) is 5. The van der Waals surface area contributed by atoms with Crippen LogP contribution in [-0.4, -0.2) is 45.6 Å². The molecule has 24 heavy (non-hydrogen) atoms. The van der Waals surface area contributed by atoms with Gasteiger partial charge < -0.3 is 14.7 Å². The maximum absolute atomic E-state index is 12.6. The standard InChI is InChI=1S/C17H19N3O3S/c1-23-15-5-3-2-4-13(15)11-19(6-8-21)16(22)10-14-12-20-7-9-24-17(20)18-14/h2-5,7,9,12,21H,6,8,10-11H2,1H3. The summed E-state index contributed by atoms with van der Waals surface area (Å²) >= 11 is 1.53. The number of aliphatic hydroxyl groups is 1. The highest BCUT2D eigenvalue weighted by Gasteiger charge is 2.17. The first kappa shape index (κ1) is 16.5. The van der Waals surface area contributed by atoms with Gasteiger partial charge in [-0.05, 0) is 6.07 Å². The van der Waals surface area contributed by atoms with Crippen molar-refractivity contribution in [1.82, 2.24) is 14.3 Å². The molecule has 2 aromatic heterocycles. The van der Waals surface area contributed by atoms with E-state index in [1.165, 1.54) is 11.3 Å². The highest BCUT2D eigenvalue weighted by Crippen LogP contribution is 2.20. The van der Waals surface area contributed by atoms with Gasteiger partial charge in [-0.25, -0.2) is 4.98 Å². The number of fused-ring (bicyclic) bond motifs is 1. The summed E-state index contributed by atoms with van der Waals surface area (Å²) in [5.74, 6) is 0.663. The molecule has 0 fully saturated rings. The van der Waals surface area contributed by atoms with Crippen LogP contribution >= 0.6 is 11.3 Å². The third-order valence-electron chi connectivity index (χ3n) is 3.75. The SMILES string of the molecule is COc1ccccc1CN(CCO)C(=O)Cc1cn2ccsc2n1. The van der Waals surface area contributed by atoms with Crippen LogP contribution in [0.15, 0.2) is 42.0 Å². The molecule has 0 atom stereocenters. The molecule has 0 aliphatic heterocycles. The van der Waals surface area contributed by atoms with E-state index in [0.717, 1.165) is 22.0 Å². The number of hydrogen-bond donors (Lipinski definition) is 1. The number of amides is 1. The molecule has 7 heteroatoms. The Hall–Kier alpha value is -2.38. The Kier molecular flexibility index (Phi) is 5.12. The zero-order valence-corrected chi connectivity index (χ0v) is 14.2. The number of aliphatic hydroxyl groups excluding tert-OH is 1. The van der Waals surface area contributed by atoms with Crippen LogP contribution in [0.5, 0.6) is 5.75 Å². The number of carbonyl (C=O) groups excluding carboxylic acids is 1. The van der Waals surface area contributed by atoms with Crippen LogP contribution in [0.4, 0.5) is 0 Å². The van der Waals surface area contributed by atoms with E-state index < -0.39 is 0 Å². The third kappa shape index (κ3) is 3.58. The lowest BCUT2D eigenvalue weighted by molar-refractivity contribution is -0.131. The van der Waals surface area contributed by atoms with E-state index in [4.69, 9.17) is 4.74 Å². The number of para-hydroxylation sites is 1. The summed E-state index contributed by atoms with van der Waals surface area (Å²) in [6.07, 6.45) is 3.99. The Bertz CT molecular complexity index is 799. The Morgan fingerprint density at radius 1 is 1.42 bits per heavy atom. The molecule has 3 aromatic rings. The topological polar surface area (TPSA) is 67.1 Å². The average molecular weight is 345 g/mol. The fourth-order valence-corrected chi connectivity index (χ4v) is 3.30. The van der Waals surface area contributed by atoms with Crippen molar-refractivity contribution < 1.29 is 14.6 Å². The number of ether oxygens (including phenoxy) is 1. The monoisotopic (exact) mass is 345 g/mol. The minimum atomic E-state index is -0.0842. The Balaban J connectivity index is 1.74. The largest absolute Gasteiger partial charge is 0.496 e. The molecular weight excluding hydrogens is 326 g/mol. The van der Waals surface area contributed by atoms with Gasteiger partial charge >= 0.3 is 0 Å². The molecule has 0 saturated carbocycles. The van der Waals surface area contributed by atoms with Gasteiger partial charge in [-0.2, -0.15) is 0 Å². The lowest BCUT2D eigenvalue weighted by atomic mass is 10.1. The van der Waals surface area contributed by atoms with Crippen LogP contribution in [0.1, 0.15) is 11.3 Å². The maximum Gasteiger partial charge on any atom is 0.229 e. The van der Waals surface area contributed by atoms with E-state index in [1.54, 1.807) is 12.0 Å². The first-order chi connectivity index (χ1) is 11.7. The molecule has 0 radical (unpaired) electrons. The maximum atomic E-state index is 12.6. The van der Waals surface area contributed by atoms with Crippen molar-refractivity contribution in [1.29, 1.82) is 0 Å². The minimum absolute atomic E-state index is 0.0688. The molecule has 6 nitrogen and oxygen atoms in total. The number of methoxy groups -OCH3 is 1. The highest BCUT2D eigenvalue weighted by molar-refractivity contribution is 7.15. The molecule has 2 heterocycles. The van der Waals surface area contributed by atoms with E-state index in [-0.39, 0.29) is 25.5 Å². The number of imidazole rings is 1. The fourth-order valence-electron chi connectivity index (χ4n) is 2.58. The van der Waals surface area contributed by atoms with E-state index >= 15 is 0 Å². The lowest BCUT2D eigenvalue weighted by Gasteiger charge is -2.22. The summed E-state index contributed by atoms with van der Waals surface area (Å²) in [5, 5.41) is 11.2. The van der Waals surface area contributed by atoms with Crippen LogP contribution in [0.2, 0.25) is 0 Å². The van der Waals surface area contributed by atoms with Crippen LogP contribution < -0.4 is 4.74 Å². The molecule has 0 bridgehead atoms. The second-order valence-corrected chi connectivity index (χ2v) is 6.23. The van der Waals surface area contributed by atoms with Crippen molar-refractivity contribution in [2.75, 3.05) is 20.3 Å². The lowest BCUT2D eigenvalue weighted by Crippen LogP contribution is -2.34. The van der Waals surface area contributed by atoms with Gasteiger partial charge in [0.1, 0.15) is 5.75 Å². The van der Waals surface area contributed by atoms with Crippen molar-refractivity contribution in [3.63, 3.8) is 0 Å². The van der Waals surface area contributed by atoms with Crippen LogP contribution in [-0.2, 0) is 17.8 Å². The van der Waals surface area contributed by atoms with Crippen molar-refractivity contribution in [2.24, 2.45) is 0 Å². The molecular formula is C17H19N3O3S. The number of benzene rings is 1. The van der Waals surface area contributed by atoms with E-state index in [2.05, 4.69) is 4.98 Å². The highest BCUT2D eigenvalue weighted by atomic mass is 32.1. The average Bonchev–Trinajstić information content (AvgIpc) is 3.16. The molecule has 3 rings (SSSR count). The van der Waals surface area contributed by atoms with Gasteiger partial charge in [-0.3, -0.25) is 9.20 Å². The Morgan fingerprint density at radius 2 is 2.25 bits per heavy atom. The first-order valence-electron chi connectivity index (χ1n) is 7.63. The van der Waals surface area contributed by atoms with Gasteiger partial charge in [0, 0.05) is 36.4 Å². The van der Waals surface area contributed by atoms with Crippen molar-refractivity contribution in [2.45, 2.75) is 13.0 Å². The number of aromatic nitrogens is 2. The number of thiazole rings is 1. The second kappa shape index (κ2) is 7.46. The number of carbonyl (C=O) groups is 1. The summed E-state index contributed by atoms with van der Waals surface area (Å²) in [5.41, 5.74) is 1.64. The van der Waals surface area contributed by atoms with Crippen LogP contribution in [0.25, 0.3) is 4.96 Å². The molecule has 126 valence electrons. The number of rotatable bonds is 7. The van der Waals surface area contributed by atoms with E-state index in [1.807, 2.05) is 46.4 Å². The summed E-state index contributed by atoms with van der Waals surface area (Å²) in [6, 6.07) is 7.57. The first-order valence-corrected chi connectivity index (χ1v) is 8.51. The van der Waals surface area contributed by atoms with E-state index in [9.17, 15) is 9.90 Å². The van der Waals surface area contributed by atoms with Crippen molar-refractivity contribution in [3.8, 4) is 5.75 Å². The minimum Gasteiger partial charge on any atom is -0.496 e. The quantitative estimate of drug-likeness (QED) is 0.711. The van der Waals surface area contributed by atoms with Crippen LogP contribution in [0.3, 0.4) is 0 Å². The fraction of sp³-hybridized carbons (Fsp3) is 0.294. The molecule has 1 N–H and O–H groups in total. The van der Waals surface area contributed by atoms with Crippen LogP contribution in [0, 0.1) is 0 Å². The zero-order chi connectivity index (χ0) is 16.9. The van der Waals surface area contributed by atoms with Gasteiger partial charge in [0.25, 0.3) is 0 Å². The molecule has 0 unspecified atom stereocenters. The summed E-state index contributed by atoms with van der Waals surface area (Å²) in [4.78, 5) is 19.6. The summed E-state index contributed by atoms with van der Waals surface area (Å²) < 4.78 is 7.24. The molecule has 1 aromatic carbocycles. The van der Waals surface area contributed by atoms with Crippen molar-refractivity contribution >= 4 is 22.2 Å². The third-order valence-corrected chi connectivity index (χ3v) is 4.52. The summed E-state index contributed by atoms with van der Waals surface area (Å²) in [6.45, 7) is 0.587. The predicted molar refractivity (Wildman–Crippen MR) is 92.3 cm³/mol. The molecule has 0 aliphatic carbocycles. The molecule has 0 spiro atoms. The zero-order valence-electron chi connectivity index (χ0n) is 13.4.